The summed E-state index contributed by atoms with van der Waals surface area (Å²) in [6.45, 7) is 3.67. The zero-order chi connectivity index (χ0) is 22.9. The largest absolute Gasteiger partial charge is 0.457 e. The van der Waals surface area contributed by atoms with Gasteiger partial charge in [-0.3, -0.25) is 9.59 Å². The predicted octanol–water partition coefficient (Wildman–Crippen LogP) is 3.28. The minimum absolute atomic E-state index is 0.0197. The van der Waals surface area contributed by atoms with Crippen molar-refractivity contribution in [2.75, 3.05) is 26.0 Å². The van der Waals surface area contributed by atoms with Gasteiger partial charge in [-0.05, 0) is 51.0 Å². The Balaban J connectivity index is 1.65. The fourth-order valence-corrected chi connectivity index (χ4v) is 4.87. The number of benzene rings is 1. The van der Waals surface area contributed by atoms with Crippen LogP contribution in [-0.4, -0.2) is 55.0 Å². The Hall–Kier alpha value is -2.23. The molecular weight excluding hydrogens is 447 g/mol. The average molecular weight is 471 g/mol. The molecule has 7 nitrogen and oxygen atoms in total. The number of rotatable bonds is 6. The summed E-state index contributed by atoms with van der Waals surface area (Å²) in [5, 5.41) is -0.0197. The van der Waals surface area contributed by atoms with Crippen LogP contribution >= 0.6 is 11.6 Å². The molecule has 2 heterocycles. The Morgan fingerprint density at radius 3 is 2.42 bits per heavy atom. The zero-order valence-corrected chi connectivity index (χ0v) is 19.1. The molecule has 1 aromatic carbocycles. The van der Waals surface area contributed by atoms with Crippen molar-refractivity contribution in [2.24, 2.45) is 5.92 Å². The van der Waals surface area contributed by atoms with E-state index in [1.807, 2.05) is 6.92 Å². The van der Waals surface area contributed by atoms with Crippen LogP contribution in [0, 0.1) is 25.6 Å². The molecule has 168 valence electrons. The highest BCUT2D eigenvalue weighted by Crippen LogP contribution is 2.25. The number of nitrogens with zero attached hydrogens (tertiary/aromatic N) is 2. The third kappa shape index (κ3) is 5.16. The van der Waals surface area contributed by atoms with Crippen LogP contribution in [0.2, 0.25) is 5.02 Å². The lowest BCUT2D eigenvalue weighted by Crippen LogP contribution is -2.40. The Kier molecular flexibility index (Phi) is 6.88. The summed E-state index contributed by atoms with van der Waals surface area (Å²) >= 11 is 5.88. The second-order valence-electron chi connectivity index (χ2n) is 7.69. The number of aromatic nitrogens is 1. The van der Waals surface area contributed by atoms with Gasteiger partial charge < -0.3 is 9.30 Å². The summed E-state index contributed by atoms with van der Waals surface area (Å²) in [5.41, 5.74) is 2.40. The Labute approximate surface area is 185 Å². The van der Waals surface area contributed by atoms with Crippen molar-refractivity contribution in [2.45, 2.75) is 26.7 Å². The molecule has 0 bridgehead atoms. The maximum atomic E-state index is 13.5. The lowest BCUT2D eigenvalue weighted by molar-refractivity contribution is -0.148. The van der Waals surface area contributed by atoms with Crippen LogP contribution in [0.25, 0.3) is 5.69 Å². The van der Waals surface area contributed by atoms with E-state index in [1.165, 1.54) is 16.4 Å². The minimum Gasteiger partial charge on any atom is -0.457 e. The summed E-state index contributed by atoms with van der Waals surface area (Å²) in [5.74, 6) is -1.81. The summed E-state index contributed by atoms with van der Waals surface area (Å²) in [4.78, 5) is 25.0. The number of hydrogen-bond donors (Lipinski definition) is 0. The van der Waals surface area contributed by atoms with E-state index in [-0.39, 0.29) is 23.9 Å². The van der Waals surface area contributed by atoms with E-state index in [2.05, 4.69) is 0 Å². The van der Waals surface area contributed by atoms with Crippen molar-refractivity contribution in [1.82, 2.24) is 8.87 Å². The molecule has 3 rings (SSSR count). The van der Waals surface area contributed by atoms with Gasteiger partial charge in [0.1, 0.15) is 5.82 Å². The molecule has 0 N–H and O–H groups in total. The molecule has 31 heavy (non-hydrogen) atoms. The number of ether oxygens (including phenoxy) is 1. The van der Waals surface area contributed by atoms with Crippen LogP contribution in [0.3, 0.4) is 0 Å². The number of esters is 1. The highest BCUT2D eigenvalue weighted by atomic mass is 35.5. The number of carbonyl (C=O) groups excluding carboxylic acids is 2. The van der Waals surface area contributed by atoms with Gasteiger partial charge in [0.15, 0.2) is 6.61 Å². The molecule has 1 fully saturated rings. The molecule has 0 atom stereocenters. The summed E-state index contributed by atoms with van der Waals surface area (Å²) in [7, 11) is -3.28. The molecule has 1 saturated heterocycles. The first-order valence-corrected chi connectivity index (χ1v) is 12.0. The topological polar surface area (TPSA) is 85.7 Å². The minimum atomic E-state index is -3.28. The first-order chi connectivity index (χ1) is 14.5. The molecule has 2 aromatic rings. The van der Waals surface area contributed by atoms with E-state index in [0.717, 1.165) is 11.9 Å². The number of hydrogen-bond acceptors (Lipinski definition) is 5. The van der Waals surface area contributed by atoms with E-state index >= 15 is 0 Å². The normalized spacial score (nSPS) is 15.8. The van der Waals surface area contributed by atoms with E-state index in [1.54, 1.807) is 23.6 Å². The van der Waals surface area contributed by atoms with Gasteiger partial charge in [-0.25, -0.2) is 17.1 Å². The molecule has 1 aliphatic rings. The fourth-order valence-electron chi connectivity index (χ4n) is 3.82. The van der Waals surface area contributed by atoms with Crippen LogP contribution in [0.1, 0.15) is 34.6 Å². The number of aryl methyl sites for hydroxylation is 1. The van der Waals surface area contributed by atoms with Crippen molar-refractivity contribution in [3.05, 3.63) is 52.1 Å². The SMILES string of the molecule is Cc1cc(C(=O)COC(=O)C2CCN(S(C)(=O)=O)CC2)c(C)n1-c1ccc(F)c(Cl)c1. The third-order valence-electron chi connectivity index (χ3n) is 5.49. The summed E-state index contributed by atoms with van der Waals surface area (Å²) < 4.78 is 45.0. The number of Topliss-reactive ketones (excluding diaryl/α,β-unsaturated/α-hetero) is 1. The standard InChI is InChI=1S/C21H24ClFN2O5S/c1-13-10-17(14(2)25(13)16-4-5-19(23)18(22)11-16)20(26)12-30-21(27)15-6-8-24(9-7-15)31(3,28)29/h4-5,10-11,15H,6-9,12H2,1-3H3. The highest BCUT2D eigenvalue weighted by molar-refractivity contribution is 7.88. The summed E-state index contributed by atoms with van der Waals surface area (Å²) in [6.07, 6.45) is 1.86. The lowest BCUT2D eigenvalue weighted by atomic mass is 9.98. The predicted molar refractivity (Wildman–Crippen MR) is 115 cm³/mol. The fraction of sp³-hybridized carbons (Fsp3) is 0.429. The van der Waals surface area contributed by atoms with Crippen molar-refractivity contribution in [3.63, 3.8) is 0 Å². The van der Waals surface area contributed by atoms with E-state index in [9.17, 15) is 22.4 Å². The zero-order valence-electron chi connectivity index (χ0n) is 17.5. The van der Waals surface area contributed by atoms with Crippen LogP contribution in [0.5, 0.6) is 0 Å². The molecule has 0 spiro atoms. The van der Waals surface area contributed by atoms with Gasteiger partial charge in [0.05, 0.1) is 17.2 Å². The maximum Gasteiger partial charge on any atom is 0.309 e. The van der Waals surface area contributed by atoms with E-state index < -0.39 is 34.3 Å². The number of sulfonamides is 1. The van der Waals surface area contributed by atoms with Gasteiger partial charge in [-0.1, -0.05) is 11.6 Å². The van der Waals surface area contributed by atoms with Gasteiger partial charge in [0.25, 0.3) is 0 Å². The van der Waals surface area contributed by atoms with Crippen molar-refractivity contribution in [3.8, 4) is 5.69 Å². The van der Waals surface area contributed by atoms with Gasteiger partial charge in [0, 0.05) is 35.7 Å². The molecule has 0 radical (unpaired) electrons. The van der Waals surface area contributed by atoms with Gasteiger partial charge in [0.2, 0.25) is 15.8 Å². The second-order valence-corrected chi connectivity index (χ2v) is 10.1. The van der Waals surface area contributed by atoms with Crippen molar-refractivity contribution >= 4 is 33.4 Å². The van der Waals surface area contributed by atoms with E-state index in [0.29, 0.717) is 29.8 Å². The number of halogens is 2. The lowest BCUT2D eigenvalue weighted by Gasteiger charge is -2.28. The maximum absolute atomic E-state index is 13.5. The molecule has 0 amide bonds. The highest BCUT2D eigenvalue weighted by Gasteiger charge is 2.30. The van der Waals surface area contributed by atoms with Crippen LogP contribution in [0.4, 0.5) is 4.39 Å². The molecule has 0 unspecified atom stereocenters. The van der Waals surface area contributed by atoms with Crippen LogP contribution in [0.15, 0.2) is 24.3 Å². The van der Waals surface area contributed by atoms with Crippen LogP contribution in [-0.2, 0) is 19.6 Å². The third-order valence-corrected chi connectivity index (χ3v) is 7.09. The Bertz CT molecular complexity index is 1120. The van der Waals surface area contributed by atoms with Gasteiger partial charge in [-0.2, -0.15) is 0 Å². The molecule has 1 aromatic heterocycles. The summed E-state index contributed by atoms with van der Waals surface area (Å²) in [6, 6.07) is 5.99. The van der Waals surface area contributed by atoms with E-state index in [4.69, 9.17) is 16.3 Å². The molecule has 1 aliphatic heterocycles. The number of carbonyl (C=O) groups is 2. The average Bonchev–Trinajstić information content (AvgIpc) is 3.01. The second kappa shape index (κ2) is 9.10. The number of piperidine rings is 1. The Morgan fingerprint density at radius 1 is 1.19 bits per heavy atom. The number of ketones is 1. The van der Waals surface area contributed by atoms with Crippen molar-refractivity contribution in [1.29, 1.82) is 0 Å². The molecule has 0 saturated carbocycles. The Morgan fingerprint density at radius 2 is 1.84 bits per heavy atom. The van der Waals surface area contributed by atoms with Crippen molar-refractivity contribution < 1.29 is 27.1 Å². The molecule has 0 aliphatic carbocycles. The van der Waals surface area contributed by atoms with Gasteiger partial charge in [-0.15, -0.1) is 0 Å². The monoisotopic (exact) mass is 470 g/mol. The molecular formula is C21H24ClFN2O5S. The molecule has 10 heteroatoms. The smallest absolute Gasteiger partial charge is 0.309 e. The quantitative estimate of drug-likeness (QED) is 0.477. The van der Waals surface area contributed by atoms with Gasteiger partial charge >= 0.3 is 5.97 Å². The van der Waals surface area contributed by atoms with Crippen LogP contribution < -0.4 is 0 Å². The first kappa shape index (κ1) is 23.4. The first-order valence-electron chi connectivity index (χ1n) is 9.78.